The summed E-state index contributed by atoms with van der Waals surface area (Å²) in [6.45, 7) is 7.82. The van der Waals surface area contributed by atoms with Gasteiger partial charge in [0, 0.05) is 18.5 Å². The second kappa shape index (κ2) is 8.63. The number of rotatable bonds is 6. The fourth-order valence-corrected chi connectivity index (χ4v) is 2.07. The smallest absolute Gasteiger partial charge is 0.407 e. The van der Waals surface area contributed by atoms with Crippen LogP contribution in [-0.4, -0.2) is 40.6 Å². The van der Waals surface area contributed by atoms with Gasteiger partial charge in [0.1, 0.15) is 11.4 Å². The van der Waals surface area contributed by atoms with Gasteiger partial charge in [0.05, 0.1) is 5.75 Å². The summed E-state index contributed by atoms with van der Waals surface area (Å²) in [6, 6.07) is 3.66. The van der Waals surface area contributed by atoms with Crippen LogP contribution < -0.4 is 10.6 Å². The van der Waals surface area contributed by atoms with Crippen molar-refractivity contribution >= 4 is 29.6 Å². The molecule has 0 aromatic carbocycles. The highest BCUT2D eigenvalue weighted by Crippen LogP contribution is 2.07. The van der Waals surface area contributed by atoms with E-state index < -0.39 is 11.7 Å². The minimum Gasteiger partial charge on any atom is -0.444 e. The molecule has 2 amide bonds. The normalized spacial score (nSPS) is 10.9. The van der Waals surface area contributed by atoms with Gasteiger partial charge >= 0.3 is 6.09 Å². The molecule has 0 bridgehead atoms. The molecule has 1 rings (SSSR count). The van der Waals surface area contributed by atoms with Crippen molar-refractivity contribution < 1.29 is 14.3 Å². The molecular formula is C15H23N3O3S. The number of amides is 2. The van der Waals surface area contributed by atoms with E-state index in [0.717, 1.165) is 5.56 Å². The van der Waals surface area contributed by atoms with E-state index in [-0.39, 0.29) is 5.91 Å². The summed E-state index contributed by atoms with van der Waals surface area (Å²) in [5, 5.41) is 5.36. The van der Waals surface area contributed by atoms with Gasteiger partial charge < -0.3 is 15.4 Å². The Morgan fingerprint density at radius 2 is 2.05 bits per heavy atom. The molecule has 122 valence electrons. The van der Waals surface area contributed by atoms with E-state index in [0.29, 0.717) is 23.9 Å². The summed E-state index contributed by atoms with van der Waals surface area (Å²) in [4.78, 5) is 27.2. The summed E-state index contributed by atoms with van der Waals surface area (Å²) in [7, 11) is 0. The monoisotopic (exact) mass is 325 g/mol. The molecule has 0 aliphatic rings. The molecule has 6 nitrogen and oxygen atoms in total. The summed E-state index contributed by atoms with van der Waals surface area (Å²) in [5.74, 6) is 1.38. The molecular weight excluding hydrogens is 302 g/mol. The van der Waals surface area contributed by atoms with Gasteiger partial charge in [0.2, 0.25) is 5.91 Å². The van der Waals surface area contributed by atoms with Crippen LogP contribution in [0.4, 0.5) is 10.6 Å². The van der Waals surface area contributed by atoms with E-state index in [4.69, 9.17) is 4.74 Å². The number of hydrogen-bond acceptors (Lipinski definition) is 5. The Kier molecular flexibility index (Phi) is 7.17. The van der Waals surface area contributed by atoms with Crippen molar-refractivity contribution in [2.24, 2.45) is 0 Å². The summed E-state index contributed by atoms with van der Waals surface area (Å²) < 4.78 is 5.11. The summed E-state index contributed by atoms with van der Waals surface area (Å²) in [6.07, 6.45) is 1.26. The van der Waals surface area contributed by atoms with Gasteiger partial charge in [-0.3, -0.25) is 4.79 Å². The van der Waals surface area contributed by atoms with Gasteiger partial charge in [0.25, 0.3) is 0 Å². The van der Waals surface area contributed by atoms with Gasteiger partial charge in [-0.2, -0.15) is 11.8 Å². The number of nitrogens with one attached hydrogen (secondary N) is 2. The number of carbonyl (C=O) groups is 2. The van der Waals surface area contributed by atoms with Crippen molar-refractivity contribution in [3.63, 3.8) is 0 Å². The van der Waals surface area contributed by atoms with Crippen molar-refractivity contribution in [1.82, 2.24) is 10.3 Å². The lowest BCUT2D eigenvalue weighted by Crippen LogP contribution is -2.33. The second-order valence-corrected chi connectivity index (χ2v) is 6.86. The number of ether oxygens (including phenoxy) is 1. The van der Waals surface area contributed by atoms with E-state index in [1.54, 1.807) is 12.3 Å². The minimum atomic E-state index is -0.502. The van der Waals surface area contributed by atoms with Gasteiger partial charge in [-0.25, -0.2) is 9.78 Å². The lowest BCUT2D eigenvalue weighted by molar-refractivity contribution is -0.113. The zero-order chi connectivity index (χ0) is 16.6. The number of pyridine rings is 1. The number of thioether (sulfide) groups is 1. The number of nitrogens with zero attached hydrogens (tertiary/aromatic N) is 1. The Labute approximate surface area is 135 Å². The maximum absolute atomic E-state index is 11.7. The largest absolute Gasteiger partial charge is 0.444 e. The molecule has 22 heavy (non-hydrogen) atoms. The Morgan fingerprint density at radius 3 is 2.64 bits per heavy atom. The van der Waals surface area contributed by atoms with Gasteiger partial charge in [-0.1, -0.05) is 6.07 Å². The molecule has 0 saturated heterocycles. The Balaban J connectivity index is 2.13. The zero-order valence-corrected chi connectivity index (χ0v) is 14.3. The topological polar surface area (TPSA) is 80.3 Å². The molecule has 0 aliphatic carbocycles. The van der Waals surface area contributed by atoms with Crippen LogP contribution in [0.25, 0.3) is 0 Å². The van der Waals surface area contributed by atoms with Crippen molar-refractivity contribution in [2.75, 3.05) is 23.4 Å². The molecule has 0 aliphatic heterocycles. The van der Waals surface area contributed by atoms with Gasteiger partial charge in [-0.15, -0.1) is 0 Å². The fourth-order valence-electron chi connectivity index (χ4n) is 1.42. The maximum atomic E-state index is 11.7. The molecule has 0 spiro atoms. The average molecular weight is 325 g/mol. The highest BCUT2D eigenvalue weighted by molar-refractivity contribution is 7.99. The van der Waals surface area contributed by atoms with Gasteiger partial charge in [-0.05, 0) is 39.3 Å². The first-order chi connectivity index (χ1) is 10.3. The van der Waals surface area contributed by atoms with Crippen molar-refractivity contribution in [3.05, 3.63) is 23.9 Å². The van der Waals surface area contributed by atoms with Crippen LogP contribution in [-0.2, 0) is 9.53 Å². The summed E-state index contributed by atoms with van der Waals surface area (Å²) in [5.41, 5.74) is 0.540. The first-order valence-corrected chi connectivity index (χ1v) is 8.19. The molecule has 1 aromatic heterocycles. The Bertz CT molecular complexity index is 498. The average Bonchev–Trinajstić information content (AvgIpc) is 2.39. The van der Waals surface area contributed by atoms with Crippen LogP contribution in [0.1, 0.15) is 26.3 Å². The van der Waals surface area contributed by atoms with E-state index in [1.807, 2.05) is 33.8 Å². The molecule has 0 atom stereocenters. The van der Waals surface area contributed by atoms with Crippen LogP contribution in [0.2, 0.25) is 0 Å². The Hall–Kier alpha value is -1.76. The van der Waals surface area contributed by atoms with Crippen molar-refractivity contribution in [1.29, 1.82) is 0 Å². The fraction of sp³-hybridized carbons (Fsp3) is 0.533. The van der Waals surface area contributed by atoms with Crippen molar-refractivity contribution in [3.8, 4) is 0 Å². The molecule has 0 fully saturated rings. The van der Waals surface area contributed by atoms with E-state index in [1.165, 1.54) is 11.8 Å². The van der Waals surface area contributed by atoms with Crippen molar-refractivity contribution in [2.45, 2.75) is 33.3 Å². The standard InChI is InChI=1S/C15H23N3O3S/c1-11-5-6-12(17-9-11)18-13(19)10-22-8-7-16-14(20)21-15(2,3)4/h5-6,9H,7-8,10H2,1-4H3,(H,16,20)(H,17,18,19). The molecule has 2 N–H and O–H groups in total. The predicted octanol–water partition coefficient (Wildman–Crippen LogP) is 2.59. The number of aryl methyl sites for hydroxylation is 1. The first-order valence-electron chi connectivity index (χ1n) is 7.03. The highest BCUT2D eigenvalue weighted by atomic mass is 32.2. The third-order valence-electron chi connectivity index (χ3n) is 2.33. The van der Waals surface area contributed by atoms with E-state index in [2.05, 4.69) is 15.6 Å². The van der Waals surface area contributed by atoms with Crippen LogP contribution in [0.3, 0.4) is 0 Å². The lowest BCUT2D eigenvalue weighted by Gasteiger charge is -2.19. The first kappa shape index (κ1) is 18.3. The van der Waals surface area contributed by atoms with Crippen LogP contribution in [0, 0.1) is 6.92 Å². The maximum Gasteiger partial charge on any atom is 0.407 e. The summed E-state index contributed by atoms with van der Waals surface area (Å²) >= 11 is 1.43. The third kappa shape index (κ3) is 8.51. The zero-order valence-electron chi connectivity index (χ0n) is 13.4. The van der Waals surface area contributed by atoms with E-state index >= 15 is 0 Å². The molecule has 0 unspecified atom stereocenters. The molecule has 1 heterocycles. The van der Waals surface area contributed by atoms with Crippen LogP contribution in [0.15, 0.2) is 18.3 Å². The minimum absolute atomic E-state index is 0.112. The number of hydrogen-bond donors (Lipinski definition) is 2. The highest BCUT2D eigenvalue weighted by Gasteiger charge is 2.15. The van der Waals surface area contributed by atoms with Crippen LogP contribution >= 0.6 is 11.8 Å². The predicted molar refractivity (Wildman–Crippen MR) is 89.2 cm³/mol. The molecule has 0 saturated carbocycles. The van der Waals surface area contributed by atoms with E-state index in [9.17, 15) is 9.59 Å². The van der Waals surface area contributed by atoms with Gasteiger partial charge in [0.15, 0.2) is 0 Å². The quantitative estimate of drug-likeness (QED) is 0.786. The molecule has 0 radical (unpaired) electrons. The van der Waals surface area contributed by atoms with Crippen LogP contribution in [0.5, 0.6) is 0 Å². The lowest BCUT2D eigenvalue weighted by atomic mass is 10.2. The Morgan fingerprint density at radius 1 is 1.32 bits per heavy atom. The molecule has 1 aromatic rings. The molecule has 7 heteroatoms. The number of anilines is 1. The second-order valence-electron chi connectivity index (χ2n) is 5.75. The number of alkyl carbamates (subject to hydrolysis) is 1. The number of carbonyl (C=O) groups excluding carboxylic acids is 2. The SMILES string of the molecule is Cc1ccc(NC(=O)CSCCNC(=O)OC(C)(C)C)nc1. The number of aromatic nitrogens is 1. The third-order valence-corrected chi connectivity index (χ3v) is 3.29.